The zero-order valence-corrected chi connectivity index (χ0v) is 14.9. The number of methoxy groups -OCH3 is 2. The summed E-state index contributed by atoms with van der Waals surface area (Å²) < 4.78 is 10.4. The van der Waals surface area contributed by atoms with Crippen molar-refractivity contribution in [1.82, 2.24) is 5.32 Å². The molecule has 1 fully saturated rings. The monoisotopic (exact) mass is 354 g/mol. The molecule has 0 unspecified atom stereocenters. The third kappa shape index (κ3) is 4.33. The Morgan fingerprint density at radius 3 is 2.50 bits per heavy atom. The fourth-order valence-corrected chi connectivity index (χ4v) is 2.61. The van der Waals surface area contributed by atoms with Crippen molar-refractivity contribution < 1.29 is 19.1 Å². The SMILES string of the molecule is COc1ccc(C(=O)NCc2cccc(NC(=O)C3CC3)c2)cc1OC. The van der Waals surface area contributed by atoms with Gasteiger partial charge < -0.3 is 20.1 Å². The summed E-state index contributed by atoms with van der Waals surface area (Å²) in [7, 11) is 3.08. The van der Waals surface area contributed by atoms with E-state index in [1.807, 2.05) is 24.3 Å². The van der Waals surface area contributed by atoms with Gasteiger partial charge in [-0.15, -0.1) is 0 Å². The molecule has 0 spiro atoms. The van der Waals surface area contributed by atoms with E-state index in [-0.39, 0.29) is 17.7 Å². The molecule has 1 aliphatic carbocycles. The molecule has 0 radical (unpaired) electrons. The first kappa shape index (κ1) is 17.8. The van der Waals surface area contributed by atoms with E-state index in [1.54, 1.807) is 25.3 Å². The lowest BCUT2D eigenvalue weighted by atomic mass is 10.1. The molecule has 1 saturated carbocycles. The Hall–Kier alpha value is -3.02. The second-order valence-corrected chi connectivity index (χ2v) is 6.22. The van der Waals surface area contributed by atoms with Crippen molar-refractivity contribution in [2.24, 2.45) is 5.92 Å². The molecule has 2 aromatic carbocycles. The fourth-order valence-electron chi connectivity index (χ4n) is 2.61. The first-order valence-electron chi connectivity index (χ1n) is 8.50. The van der Waals surface area contributed by atoms with Gasteiger partial charge in [-0.1, -0.05) is 12.1 Å². The van der Waals surface area contributed by atoms with Crippen LogP contribution in [0.1, 0.15) is 28.8 Å². The second kappa shape index (κ2) is 7.91. The molecule has 136 valence electrons. The minimum Gasteiger partial charge on any atom is -0.493 e. The van der Waals surface area contributed by atoms with Crippen molar-refractivity contribution in [3.05, 3.63) is 53.6 Å². The standard InChI is InChI=1S/C20H22N2O4/c1-25-17-9-8-15(11-18(17)26-2)19(23)21-12-13-4-3-5-16(10-13)22-20(24)14-6-7-14/h3-5,8-11,14H,6-7,12H2,1-2H3,(H,21,23)(H,22,24). The second-order valence-electron chi connectivity index (χ2n) is 6.22. The Bertz CT molecular complexity index is 815. The molecule has 3 rings (SSSR count). The number of nitrogens with one attached hydrogen (secondary N) is 2. The highest BCUT2D eigenvalue weighted by Gasteiger charge is 2.29. The van der Waals surface area contributed by atoms with Crippen molar-refractivity contribution in [2.45, 2.75) is 19.4 Å². The van der Waals surface area contributed by atoms with Gasteiger partial charge in [0.15, 0.2) is 11.5 Å². The van der Waals surface area contributed by atoms with E-state index < -0.39 is 0 Å². The summed E-state index contributed by atoms with van der Waals surface area (Å²) in [6, 6.07) is 12.5. The first-order chi connectivity index (χ1) is 12.6. The maximum atomic E-state index is 12.4. The van der Waals surface area contributed by atoms with Gasteiger partial charge >= 0.3 is 0 Å². The Morgan fingerprint density at radius 1 is 1.04 bits per heavy atom. The van der Waals surface area contributed by atoms with Crippen LogP contribution in [0.25, 0.3) is 0 Å². The van der Waals surface area contributed by atoms with Crippen molar-refractivity contribution in [3.8, 4) is 11.5 Å². The Labute approximate surface area is 152 Å². The number of anilines is 1. The quantitative estimate of drug-likeness (QED) is 0.801. The zero-order chi connectivity index (χ0) is 18.5. The molecule has 0 aromatic heterocycles. The van der Waals surface area contributed by atoms with E-state index in [2.05, 4.69) is 10.6 Å². The highest BCUT2D eigenvalue weighted by molar-refractivity contribution is 5.95. The van der Waals surface area contributed by atoms with Gasteiger partial charge in [-0.05, 0) is 48.7 Å². The molecule has 0 heterocycles. The van der Waals surface area contributed by atoms with E-state index in [4.69, 9.17) is 9.47 Å². The summed E-state index contributed by atoms with van der Waals surface area (Å²) in [4.78, 5) is 24.2. The number of ether oxygens (including phenoxy) is 2. The Balaban J connectivity index is 1.61. The molecule has 6 nitrogen and oxygen atoms in total. The molecule has 0 aliphatic heterocycles. The molecule has 1 aliphatic rings. The minimum atomic E-state index is -0.210. The lowest BCUT2D eigenvalue weighted by Gasteiger charge is -2.11. The predicted octanol–water partition coefficient (Wildman–Crippen LogP) is 2.98. The average Bonchev–Trinajstić information content (AvgIpc) is 3.51. The molecule has 2 N–H and O–H groups in total. The normalized spacial score (nSPS) is 13.0. The lowest BCUT2D eigenvalue weighted by Crippen LogP contribution is -2.23. The van der Waals surface area contributed by atoms with E-state index in [0.29, 0.717) is 23.6 Å². The summed E-state index contributed by atoms with van der Waals surface area (Å²) in [6.45, 7) is 0.361. The van der Waals surface area contributed by atoms with Gasteiger partial charge in [-0.3, -0.25) is 9.59 Å². The molecule has 2 amide bonds. The van der Waals surface area contributed by atoms with Gasteiger partial charge in [0.2, 0.25) is 5.91 Å². The molecular formula is C20H22N2O4. The van der Waals surface area contributed by atoms with Crippen molar-refractivity contribution in [3.63, 3.8) is 0 Å². The van der Waals surface area contributed by atoms with Gasteiger partial charge in [-0.2, -0.15) is 0 Å². The molecule has 6 heteroatoms. The highest BCUT2D eigenvalue weighted by atomic mass is 16.5. The molecule has 0 bridgehead atoms. The fraction of sp³-hybridized carbons (Fsp3) is 0.300. The molecule has 0 atom stereocenters. The Kier molecular flexibility index (Phi) is 5.41. The van der Waals surface area contributed by atoms with Gasteiger partial charge in [0.1, 0.15) is 0 Å². The largest absolute Gasteiger partial charge is 0.493 e. The number of benzene rings is 2. The highest BCUT2D eigenvalue weighted by Crippen LogP contribution is 2.30. The van der Waals surface area contributed by atoms with Crippen LogP contribution in [-0.2, 0) is 11.3 Å². The zero-order valence-electron chi connectivity index (χ0n) is 14.9. The molecule has 2 aromatic rings. The van der Waals surface area contributed by atoms with E-state index in [0.717, 1.165) is 24.1 Å². The van der Waals surface area contributed by atoms with Crippen LogP contribution in [-0.4, -0.2) is 26.0 Å². The smallest absolute Gasteiger partial charge is 0.251 e. The van der Waals surface area contributed by atoms with E-state index >= 15 is 0 Å². The first-order valence-corrected chi connectivity index (χ1v) is 8.50. The molecule has 0 saturated heterocycles. The summed E-state index contributed by atoms with van der Waals surface area (Å²) >= 11 is 0. The molecular weight excluding hydrogens is 332 g/mol. The number of hydrogen-bond acceptors (Lipinski definition) is 4. The van der Waals surface area contributed by atoms with Crippen molar-refractivity contribution in [2.75, 3.05) is 19.5 Å². The third-order valence-electron chi connectivity index (χ3n) is 4.24. The number of carbonyl (C=O) groups is 2. The predicted molar refractivity (Wildman–Crippen MR) is 98.5 cm³/mol. The number of carbonyl (C=O) groups excluding carboxylic acids is 2. The average molecular weight is 354 g/mol. The minimum absolute atomic E-state index is 0.0662. The van der Waals surface area contributed by atoms with Crippen LogP contribution in [0.15, 0.2) is 42.5 Å². The summed E-state index contributed by atoms with van der Waals surface area (Å²) in [5, 5.41) is 5.78. The van der Waals surface area contributed by atoms with Crippen LogP contribution >= 0.6 is 0 Å². The lowest BCUT2D eigenvalue weighted by molar-refractivity contribution is -0.117. The molecule has 26 heavy (non-hydrogen) atoms. The van der Waals surface area contributed by atoms with Crippen molar-refractivity contribution in [1.29, 1.82) is 0 Å². The van der Waals surface area contributed by atoms with Crippen LogP contribution in [0, 0.1) is 5.92 Å². The van der Waals surface area contributed by atoms with Gasteiger partial charge in [0.25, 0.3) is 5.91 Å². The summed E-state index contributed by atoms with van der Waals surface area (Å²) in [5.74, 6) is 1.09. The van der Waals surface area contributed by atoms with Gasteiger partial charge in [-0.25, -0.2) is 0 Å². The third-order valence-corrected chi connectivity index (χ3v) is 4.24. The van der Waals surface area contributed by atoms with E-state index in [1.165, 1.54) is 7.11 Å². The number of amides is 2. The van der Waals surface area contributed by atoms with Gasteiger partial charge in [0, 0.05) is 23.7 Å². The van der Waals surface area contributed by atoms with Crippen LogP contribution in [0.2, 0.25) is 0 Å². The van der Waals surface area contributed by atoms with Gasteiger partial charge in [0.05, 0.1) is 14.2 Å². The van der Waals surface area contributed by atoms with E-state index in [9.17, 15) is 9.59 Å². The number of hydrogen-bond donors (Lipinski definition) is 2. The number of rotatable bonds is 7. The van der Waals surface area contributed by atoms with Crippen LogP contribution in [0.4, 0.5) is 5.69 Å². The topological polar surface area (TPSA) is 76.7 Å². The van der Waals surface area contributed by atoms with Crippen molar-refractivity contribution >= 4 is 17.5 Å². The van der Waals surface area contributed by atoms with Crippen LogP contribution < -0.4 is 20.1 Å². The van der Waals surface area contributed by atoms with Crippen LogP contribution in [0.3, 0.4) is 0 Å². The Morgan fingerprint density at radius 2 is 1.81 bits per heavy atom. The van der Waals surface area contributed by atoms with Crippen LogP contribution in [0.5, 0.6) is 11.5 Å². The summed E-state index contributed by atoms with van der Waals surface area (Å²) in [6.07, 6.45) is 1.93. The summed E-state index contributed by atoms with van der Waals surface area (Å²) in [5.41, 5.74) is 2.15. The maximum absolute atomic E-state index is 12.4. The maximum Gasteiger partial charge on any atom is 0.251 e.